The van der Waals surface area contributed by atoms with E-state index in [1.165, 1.54) is 119 Å². The van der Waals surface area contributed by atoms with Gasteiger partial charge in [0, 0.05) is 22.4 Å². The van der Waals surface area contributed by atoms with E-state index in [-0.39, 0.29) is 5.41 Å². The Hall–Kier alpha value is -7.22. The molecule has 0 unspecified atom stereocenters. The monoisotopic (exact) mass is 805 g/mol. The highest BCUT2D eigenvalue weighted by Crippen LogP contribution is 2.64. The molecule has 1 nitrogen and oxygen atoms in total. The van der Waals surface area contributed by atoms with Crippen LogP contribution in [0.4, 0.5) is 17.1 Å². The molecule has 300 valence electrons. The fourth-order valence-corrected chi connectivity index (χ4v) is 12.2. The Morgan fingerprint density at radius 3 is 1.44 bits per heavy atom. The van der Waals surface area contributed by atoms with Crippen molar-refractivity contribution in [1.29, 1.82) is 0 Å². The number of para-hydroxylation sites is 1. The van der Waals surface area contributed by atoms with Crippen LogP contribution in [0.25, 0.3) is 55.6 Å². The fraction of sp³-hybridized carbons (Fsp3) is 0.129. The third-order valence-corrected chi connectivity index (χ3v) is 15.1. The molecule has 0 bridgehead atoms. The molecule has 4 aliphatic carbocycles. The molecular weight excluding hydrogens is 759 g/mol. The Kier molecular flexibility index (Phi) is 7.89. The first kappa shape index (κ1) is 36.4. The first-order valence-corrected chi connectivity index (χ1v) is 22.8. The molecule has 0 saturated carbocycles. The molecule has 1 heteroatoms. The van der Waals surface area contributed by atoms with Crippen LogP contribution < -0.4 is 4.90 Å². The minimum atomic E-state index is -0.478. The van der Waals surface area contributed by atoms with Crippen molar-refractivity contribution in [3.63, 3.8) is 0 Å². The van der Waals surface area contributed by atoms with Crippen molar-refractivity contribution in [2.75, 3.05) is 4.90 Å². The lowest BCUT2D eigenvalue weighted by molar-refractivity contribution is 0.660. The molecule has 0 amide bonds. The number of benzene rings is 9. The Morgan fingerprint density at radius 2 is 0.825 bits per heavy atom. The third-order valence-electron chi connectivity index (χ3n) is 15.1. The van der Waals surface area contributed by atoms with Gasteiger partial charge in [-0.05, 0) is 157 Å². The van der Waals surface area contributed by atoms with Gasteiger partial charge in [-0.25, -0.2) is 0 Å². The molecule has 0 saturated heterocycles. The van der Waals surface area contributed by atoms with E-state index in [1.807, 2.05) is 0 Å². The van der Waals surface area contributed by atoms with Crippen molar-refractivity contribution in [2.45, 2.75) is 50.4 Å². The molecule has 1 spiro atoms. The second kappa shape index (κ2) is 13.6. The van der Waals surface area contributed by atoms with E-state index in [1.54, 1.807) is 0 Å². The van der Waals surface area contributed by atoms with E-state index in [2.05, 4.69) is 219 Å². The molecule has 0 radical (unpaired) electrons. The van der Waals surface area contributed by atoms with E-state index in [0.29, 0.717) is 0 Å². The smallest absolute Gasteiger partial charge is 0.0726 e. The van der Waals surface area contributed by atoms with E-state index in [0.717, 1.165) is 24.2 Å². The Labute approximate surface area is 371 Å². The Balaban J connectivity index is 1.17. The van der Waals surface area contributed by atoms with Crippen LogP contribution in [0.3, 0.4) is 0 Å². The average Bonchev–Trinajstić information content (AvgIpc) is 3.89. The lowest BCUT2D eigenvalue weighted by Gasteiger charge is -2.34. The highest BCUT2D eigenvalue weighted by atomic mass is 15.1. The van der Waals surface area contributed by atoms with Crippen molar-refractivity contribution >= 4 is 17.1 Å². The van der Waals surface area contributed by atoms with Crippen LogP contribution in [-0.4, -0.2) is 0 Å². The maximum atomic E-state index is 2.61. The van der Waals surface area contributed by atoms with Crippen molar-refractivity contribution in [2.24, 2.45) is 0 Å². The average molecular weight is 806 g/mol. The topological polar surface area (TPSA) is 3.24 Å². The van der Waals surface area contributed by atoms with Crippen LogP contribution in [-0.2, 0) is 23.7 Å². The molecular formula is C62H47N. The quantitative estimate of drug-likeness (QED) is 0.167. The summed E-state index contributed by atoms with van der Waals surface area (Å²) < 4.78 is 0. The van der Waals surface area contributed by atoms with Crippen LogP contribution in [0.5, 0.6) is 0 Å². The van der Waals surface area contributed by atoms with Gasteiger partial charge in [0.2, 0.25) is 0 Å². The van der Waals surface area contributed by atoms with Gasteiger partial charge in [-0.1, -0.05) is 178 Å². The third kappa shape index (κ3) is 5.11. The van der Waals surface area contributed by atoms with E-state index in [4.69, 9.17) is 0 Å². The Bertz CT molecular complexity index is 3270. The first-order chi connectivity index (χ1) is 31.0. The van der Waals surface area contributed by atoms with Gasteiger partial charge in [-0.15, -0.1) is 0 Å². The molecule has 13 rings (SSSR count). The highest BCUT2D eigenvalue weighted by Gasteiger charge is 2.52. The van der Waals surface area contributed by atoms with Crippen molar-refractivity contribution in [1.82, 2.24) is 0 Å². The lowest BCUT2D eigenvalue weighted by atomic mass is 9.70. The van der Waals surface area contributed by atoms with Gasteiger partial charge < -0.3 is 4.90 Å². The summed E-state index contributed by atoms with van der Waals surface area (Å²) in [5, 5.41) is 0. The minimum absolute atomic E-state index is 0.146. The van der Waals surface area contributed by atoms with E-state index >= 15 is 0 Å². The lowest BCUT2D eigenvalue weighted by Crippen LogP contribution is -2.26. The minimum Gasteiger partial charge on any atom is -0.310 e. The second-order valence-corrected chi connectivity index (χ2v) is 18.6. The van der Waals surface area contributed by atoms with Crippen LogP contribution >= 0.6 is 0 Å². The number of anilines is 3. The number of nitrogens with zero attached hydrogens (tertiary/aromatic N) is 1. The van der Waals surface area contributed by atoms with Gasteiger partial charge in [0.05, 0.1) is 11.1 Å². The highest BCUT2D eigenvalue weighted by molar-refractivity contribution is 6.02. The summed E-state index contributed by atoms with van der Waals surface area (Å²) in [5.41, 5.74) is 27.1. The first-order valence-electron chi connectivity index (χ1n) is 22.8. The zero-order valence-electron chi connectivity index (χ0n) is 35.8. The van der Waals surface area contributed by atoms with Crippen LogP contribution in [0, 0.1) is 0 Å². The van der Waals surface area contributed by atoms with Crippen LogP contribution in [0.15, 0.2) is 200 Å². The number of aryl methyl sites for hydroxylation is 2. The van der Waals surface area contributed by atoms with Gasteiger partial charge in [-0.3, -0.25) is 0 Å². The maximum Gasteiger partial charge on any atom is 0.0726 e. The summed E-state index contributed by atoms with van der Waals surface area (Å²) in [6, 6.07) is 76.4. The molecule has 9 aromatic carbocycles. The zero-order valence-corrected chi connectivity index (χ0v) is 35.8. The predicted octanol–water partition coefficient (Wildman–Crippen LogP) is 16.0. The molecule has 9 aromatic rings. The standard InChI is InChI=1S/C62H47N/c1-61(2)54-29-15-11-25-45(54)49-34-33-44(37-58(49)61)63(43-23-7-4-8-24-43)60-39-59-52(38-53(60)51-36-42-22-10-9-21-41(42)35-50(51)40-19-5-3-6-20-40)48-28-14-18-32-57(48)62(59)55-30-16-12-26-46(55)47-27-13-17-31-56(47)62/h3-8,11-20,23-39H,9-10,21-22H2,1-2H3. The molecule has 0 N–H and O–H groups in total. The number of hydrogen-bond donors (Lipinski definition) is 0. The molecule has 0 fully saturated rings. The van der Waals surface area contributed by atoms with Gasteiger partial charge in [0.1, 0.15) is 0 Å². The van der Waals surface area contributed by atoms with Crippen molar-refractivity contribution < 1.29 is 0 Å². The summed E-state index contributed by atoms with van der Waals surface area (Å²) in [6.45, 7) is 4.79. The molecule has 0 aliphatic heterocycles. The largest absolute Gasteiger partial charge is 0.310 e. The van der Waals surface area contributed by atoms with Crippen molar-refractivity contribution in [3.05, 3.63) is 245 Å². The SMILES string of the molecule is CC1(C)c2ccccc2-c2ccc(N(c3ccccc3)c3cc4c(cc3-c3cc5c(cc3-c3ccccc3)CCCC5)-c3ccccc3C43c4ccccc4-c4ccccc43)cc21. The second-order valence-electron chi connectivity index (χ2n) is 18.6. The van der Waals surface area contributed by atoms with Crippen molar-refractivity contribution in [3.8, 4) is 55.6 Å². The van der Waals surface area contributed by atoms with Gasteiger partial charge >= 0.3 is 0 Å². The zero-order chi connectivity index (χ0) is 41.9. The summed E-state index contributed by atoms with van der Waals surface area (Å²) in [6.07, 6.45) is 4.71. The summed E-state index contributed by atoms with van der Waals surface area (Å²) in [5.74, 6) is 0. The molecule has 4 aliphatic rings. The summed E-state index contributed by atoms with van der Waals surface area (Å²) in [4.78, 5) is 2.58. The van der Waals surface area contributed by atoms with Gasteiger partial charge in [-0.2, -0.15) is 0 Å². The molecule has 0 aromatic heterocycles. The fourth-order valence-electron chi connectivity index (χ4n) is 12.2. The number of hydrogen-bond acceptors (Lipinski definition) is 1. The number of fused-ring (bicyclic) bond motifs is 14. The summed E-state index contributed by atoms with van der Waals surface area (Å²) >= 11 is 0. The summed E-state index contributed by atoms with van der Waals surface area (Å²) in [7, 11) is 0. The molecule has 63 heavy (non-hydrogen) atoms. The maximum absolute atomic E-state index is 2.61. The predicted molar refractivity (Wildman–Crippen MR) is 263 cm³/mol. The van der Waals surface area contributed by atoms with Gasteiger partial charge in [0.25, 0.3) is 0 Å². The van der Waals surface area contributed by atoms with Crippen LogP contribution in [0.2, 0.25) is 0 Å². The van der Waals surface area contributed by atoms with E-state index < -0.39 is 5.41 Å². The Morgan fingerprint density at radius 1 is 0.333 bits per heavy atom. The number of rotatable bonds is 5. The van der Waals surface area contributed by atoms with Crippen LogP contribution in [0.1, 0.15) is 71.2 Å². The van der Waals surface area contributed by atoms with Gasteiger partial charge in [0.15, 0.2) is 0 Å². The van der Waals surface area contributed by atoms with E-state index in [9.17, 15) is 0 Å². The molecule has 0 atom stereocenters. The normalized spacial score (nSPS) is 15.1. The molecule has 0 heterocycles.